The molecule has 0 aromatic heterocycles. The average Bonchev–Trinajstić information content (AvgIpc) is 2.62. The van der Waals surface area contributed by atoms with Crippen molar-refractivity contribution < 1.29 is 14.3 Å². The van der Waals surface area contributed by atoms with Crippen LogP contribution in [0.1, 0.15) is 22.8 Å². The van der Waals surface area contributed by atoms with Gasteiger partial charge in [0.15, 0.2) is 6.10 Å². The number of nitrogens with one attached hydrogen (secondary N) is 1. The molecule has 1 atom stereocenters. The molecule has 0 saturated carbocycles. The van der Waals surface area contributed by atoms with Gasteiger partial charge in [-0.05, 0) is 48.9 Å². The van der Waals surface area contributed by atoms with Gasteiger partial charge in [-0.1, -0.05) is 23.7 Å². The lowest BCUT2D eigenvalue weighted by atomic mass is 10.1. The van der Waals surface area contributed by atoms with Gasteiger partial charge in [0.25, 0.3) is 11.8 Å². The number of hydrogen-bond donors (Lipinski definition) is 1. The molecule has 5 nitrogen and oxygen atoms in total. The number of benzene rings is 2. The van der Waals surface area contributed by atoms with E-state index >= 15 is 0 Å². The zero-order valence-corrected chi connectivity index (χ0v) is 15.2. The predicted molar refractivity (Wildman–Crippen MR) is 97.8 cm³/mol. The Morgan fingerprint density at radius 3 is 2.28 bits per heavy atom. The maximum Gasteiger partial charge on any atom is 0.263 e. The first-order chi connectivity index (χ1) is 11.9. The van der Waals surface area contributed by atoms with Gasteiger partial charge in [-0.25, -0.2) is 0 Å². The van der Waals surface area contributed by atoms with Crippen molar-refractivity contribution in [2.75, 3.05) is 14.1 Å². The normalized spacial score (nSPS) is 11.5. The minimum atomic E-state index is -0.615. The molecule has 0 aliphatic rings. The molecule has 0 saturated heterocycles. The number of amides is 2. The number of carbonyl (C=O) groups excluding carboxylic acids is 2. The molecule has 6 heteroatoms. The van der Waals surface area contributed by atoms with Gasteiger partial charge in [-0.15, -0.1) is 0 Å². The van der Waals surface area contributed by atoms with Crippen molar-refractivity contribution in [3.63, 3.8) is 0 Å². The highest BCUT2D eigenvalue weighted by Crippen LogP contribution is 2.17. The molecule has 1 N–H and O–H groups in total. The van der Waals surface area contributed by atoms with Crippen LogP contribution in [0.25, 0.3) is 0 Å². The first-order valence-corrected chi connectivity index (χ1v) is 8.26. The number of hydrogen-bond acceptors (Lipinski definition) is 3. The molecule has 25 heavy (non-hydrogen) atoms. The molecule has 0 spiro atoms. The largest absolute Gasteiger partial charge is 0.481 e. The van der Waals surface area contributed by atoms with Gasteiger partial charge < -0.3 is 15.0 Å². The molecule has 0 heterocycles. The third kappa shape index (κ3) is 5.22. The molecule has 0 aliphatic carbocycles. The van der Waals surface area contributed by atoms with Crippen LogP contribution in [-0.2, 0) is 11.3 Å². The average molecular weight is 361 g/mol. The molecular weight excluding hydrogens is 340 g/mol. The predicted octanol–water partition coefficient (Wildman–Crippen LogP) is 3.13. The molecule has 2 aromatic rings. The van der Waals surface area contributed by atoms with Gasteiger partial charge in [0, 0.05) is 31.2 Å². The van der Waals surface area contributed by atoms with Crippen LogP contribution in [0.4, 0.5) is 0 Å². The summed E-state index contributed by atoms with van der Waals surface area (Å²) < 4.78 is 5.65. The Balaban J connectivity index is 1.94. The maximum atomic E-state index is 12.5. The Hall–Kier alpha value is -2.53. The molecule has 2 rings (SSSR count). The summed E-state index contributed by atoms with van der Waals surface area (Å²) in [4.78, 5) is 25.6. The van der Waals surface area contributed by atoms with Crippen molar-refractivity contribution in [3.05, 3.63) is 64.7 Å². The van der Waals surface area contributed by atoms with Crippen molar-refractivity contribution in [2.24, 2.45) is 0 Å². The van der Waals surface area contributed by atoms with Crippen LogP contribution in [-0.4, -0.2) is 36.9 Å². The number of likely N-dealkylation sites (N-methyl/N-ethyl adjacent to an activating group) is 1. The van der Waals surface area contributed by atoms with E-state index in [2.05, 4.69) is 5.32 Å². The minimum Gasteiger partial charge on any atom is -0.481 e. The Morgan fingerprint density at radius 2 is 1.72 bits per heavy atom. The second-order valence-corrected chi connectivity index (χ2v) is 6.12. The quantitative estimate of drug-likeness (QED) is 0.861. The van der Waals surface area contributed by atoms with E-state index in [1.165, 1.54) is 0 Å². The highest BCUT2D eigenvalue weighted by atomic mass is 35.5. The summed E-state index contributed by atoms with van der Waals surface area (Å²) in [5, 5.41) is 3.19. The fourth-order valence-corrected chi connectivity index (χ4v) is 2.46. The van der Waals surface area contributed by atoms with Crippen LogP contribution in [0.15, 0.2) is 48.5 Å². The topological polar surface area (TPSA) is 58.6 Å². The van der Waals surface area contributed by atoms with E-state index in [4.69, 9.17) is 16.3 Å². The third-order valence-corrected chi connectivity index (χ3v) is 3.97. The molecule has 2 amide bonds. The fraction of sp³-hybridized carbons (Fsp3) is 0.263. The molecule has 0 unspecified atom stereocenters. The first kappa shape index (κ1) is 18.8. The van der Waals surface area contributed by atoms with Crippen molar-refractivity contribution in [1.82, 2.24) is 10.2 Å². The van der Waals surface area contributed by atoms with E-state index in [1.54, 1.807) is 62.3 Å². The van der Waals surface area contributed by atoms with Gasteiger partial charge >= 0.3 is 0 Å². The van der Waals surface area contributed by atoms with Crippen molar-refractivity contribution in [1.29, 1.82) is 0 Å². The number of nitrogens with zero attached hydrogens (tertiary/aromatic N) is 1. The zero-order chi connectivity index (χ0) is 18.4. The number of halogens is 1. The highest BCUT2D eigenvalue weighted by molar-refractivity contribution is 6.30. The smallest absolute Gasteiger partial charge is 0.263 e. The lowest BCUT2D eigenvalue weighted by Crippen LogP contribution is -2.37. The Labute approximate surface area is 152 Å². The summed E-state index contributed by atoms with van der Waals surface area (Å²) in [5.74, 6) is 0.319. The number of carbonyl (C=O) groups is 2. The van der Waals surface area contributed by atoms with E-state index in [0.29, 0.717) is 22.9 Å². The number of rotatable bonds is 6. The van der Waals surface area contributed by atoms with E-state index in [-0.39, 0.29) is 11.8 Å². The Morgan fingerprint density at radius 1 is 1.12 bits per heavy atom. The van der Waals surface area contributed by atoms with Crippen LogP contribution in [0.2, 0.25) is 5.02 Å². The summed E-state index contributed by atoms with van der Waals surface area (Å²) >= 11 is 5.84. The van der Waals surface area contributed by atoms with Crippen LogP contribution in [0, 0.1) is 0 Å². The van der Waals surface area contributed by atoms with Gasteiger partial charge in [0.1, 0.15) is 5.75 Å². The van der Waals surface area contributed by atoms with Crippen LogP contribution in [0.5, 0.6) is 5.75 Å². The van der Waals surface area contributed by atoms with E-state index in [1.807, 2.05) is 12.1 Å². The SMILES string of the molecule is CNC(=O)c1ccc(CN(C)C(=O)[C@@H](C)Oc2ccc(Cl)cc2)cc1. The molecule has 132 valence electrons. The molecule has 0 bridgehead atoms. The molecule has 0 radical (unpaired) electrons. The fourth-order valence-electron chi connectivity index (χ4n) is 2.34. The van der Waals surface area contributed by atoms with Crippen LogP contribution in [0.3, 0.4) is 0 Å². The van der Waals surface area contributed by atoms with E-state index in [9.17, 15) is 9.59 Å². The van der Waals surface area contributed by atoms with Crippen LogP contribution >= 0.6 is 11.6 Å². The van der Waals surface area contributed by atoms with E-state index < -0.39 is 6.10 Å². The lowest BCUT2D eigenvalue weighted by Gasteiger charge is -2.22. The first-order valence-electron chi connectivity index (χ1n) is 7.89. The summed E-state index contributed by atoms with van der Waals surface area (Å²) in [6, 6.07) is 14.0. The van der Waals surface area contributed by atoms with Crippen LogP contribution < -0.4 is 10.1 Å². The lowest BCUT2D eigenvalue weighted by molar-refractivity contribution is -0.137. The molecule has 2 aromatic carbocycles. The van der Waals surface area contributed by atoms with Crippen molar-refractivity contribution in [2.45, 2.75) is 19.6 Å². The number of ether oxygens (including phenoxy) is 1. The van der Waals surface area contributed by atoms with Crippen molar-refractivity contribution >= 4 is 23.4 Å². The van der Waals surface area contributed by atoms with E-state index in [0.717, 1.165) is 5.56 Å². The second-order valence-electron chi connectivity index (χ2n) is 5.68. The van der Waals surface area contributed by atoms with Gasteiger partial charge in [0.05, 0.1) is 0 Å². The Bertz CT molecular complexity index is 729. The summed E-state index contributed by atoms with van der Waals surface area (Å²) in [6.07, 6.45) is -0.615. The van der Waals surface area contributed by atoms with Gasteiger partial charge in [0.2, 0.25) is 0 Å². The highest BCUT2D eigenvalue weighted by Gasteiger charge is 2.19. The standard InChI is InChI=1S/C19H21ClN2O3/c1-13(25-17-10-8-16(20)9-11-17)19(24)22(3)12-14-4-6-15(7-5-14)18(23)21-2/h4-11,13H,12H2,1-3H3,(H,21,23)/t13-/m1/s1. The van der Waals surface area contributed by atoms with Gasteiger partial charge in [-0.2, -0.15) is 0 Å². The summed E-state index contributed by atoms with van der Waals surface area (Å²) in [5.41, 5.74) is 1.52. The third-order valence-electron chi connectivity index (χ3n) is 3.71. The van der Waals surface area contributed by atoms with Gasteiger partial charge in [-0.3, -0.25) is 9.59 Å². The molecule has 0 fully saturated rings. The molecular formula is C19H21ClN2O3. The zero-order valence-electron chi connectivity index (χ0n) is 14.5. The minimum absolute atomic E-state index is 0.134. The monoisotopic (exact) mass is 360 g/mol. The second kappa shape index (κ2) is 8.53. The Kier molecular flexibility index (Phi) is 6.42. The maximum absolute atomic E-state index is 12.5. The summed E-state index contributed by atoms with van der Waals surface area (Å²) in [7, 11) is 3.31. The summed E-state index contributed by atoms with van der Waals surface area (Å²) in [6.45, 7) is 2.14. The van der Waals surface area contributed by atoms with Crippen molar-refractivity contribution in [3.8, 4) is 5.75 Å². The molecule has 0 aliphatic heterocycles.